The number of hydrogen-bond donors (Lipinski definition) is 1. The number of benzene rings is 1. The molecule has 1 aliphatic heterocycles. The molecule has 2 N–H and O–H groups in total. The van der Waals surface area contributed by atoms with Gasteiger partial charge in [0, 0.05) is 24.1 Å². The Morgan fingerprint density at radius 2 is 2.14 bits per heavy atom. The van der Waals surface area contributed by atoms with Crippen LogP contribution in [0.5, 0.6) is 0 Å². The summed E-state index contributed by atoms with van der Waals surface area (Å²) in [4.78, 5) is 14.5. The molecule has 0 spiro atoms. The molecule has 1 aliphatic carbocycles. The van der Waals surface area contributed by atoms with E-state index in [-0.39, 0.29) is 23.3 Å². The first kappa shape index (κ1) is 14.5. The molecule has 0 bridgehead atoms. The number of carbonyl (C=O) groups excluding carboxylic acids is 1. The molecule has 4 heteroatoms. The van der Waals surface area contributed by atoms with Crippen LogP contribution in [0.15, 0.2) is 24.3 Å². The van der Waals surface area contributed by atoms with Crippen LogP contribution >= 0.6 is 0 Å². The lowest BCUT2D eigenvalue weighted by atomic mass is 9.75. The predicted molar refractivity (Wildman–Crippen MR) is 80.0 cm³/mol. The zero-order valence-electron chi connectivity index (χ0n) is 12.5. The smallest absolute Gasteiger partial charge is 0.224 e. The molecular weight excluding hydrogens is 267 g/mol. The van der Waals surface area contributed by atoms with E-state index in [2.05, 4.69) is 6.92 Å². The third-order valence-electron chi connectivity index (χ3n) is 4.95. The van der Waals surface area contributed by atoms with Crippen molar-refractivity contribution in [2.45, 2.75) is 50.6 Å². The van der Waals surface area contributed by atoms with Crippen LogP contribution in [0, 0.1) is 11.7 Å². The molecule has 1 saturated carbocycles. The molecule has 0 radical (unpaired) electrons. The largest absolute Gasteiger partial charge is 0.335 e. The number of nitrogens with two attached hydrogens (primary N) is 1. The van der Waals surface area contributed by atoms with Gasteiger partial charge in [0.25, 0.3) is 0 Å². The summed E-state index contributed by atoms with van der Waals surface area (Å²) in [5.41, 5.74) is 6.52. The molecule has 114 valence electrons. The summed E-state index contributed by atoms with van der Waals surface area (Å²) in [5.74, 6) is 0.254. The Morgan fingerprint density at radius 3 is 2.76 bits per heavy atom. The summed E-state index contributed by atoms with van der Waals surface area (Å²) in [6.45, 7) is 2.82. The van der Waals surface area contributed by atoms with E-state index in [0.29, 0.717) is 24.4 Å². The van der Waals surface area contributed by atoms with E-state index in [0.717, 1.165) is 25.7 Å². The second kappa shape index (κ2) is 5.41. The average Bonchev–Trinajstić information content (AvgIpc) is 2.79. The Bertz CT molecular complexity index is 541. The Balaban J connectivity index is 1.79. The molecule has 21 heavy (non-hydrogen) atoms. The van der Waals surface area contributed by atoms with Crippen molar-refractivity contribution in [1.82, 2.24) is 4.90 Å². The van der Waals surface area contributed by atoms with Crippen molar-refractivity contribution in [2.24, 2.45) is 11.7 Å². The number of hydrogen-bond acceptors (Lipinski definition) is 2. The summed E-state index contributed by atoms with van der Waals surface area (Å²) in [5, 5.41) is 0. The molecule has 1 saturated heterocycles. The van der Waals surface area contributed by atoms with Gasteiger partial charge in [-0.15, -0.1) is 0 Å². The second-order valence-corrected chi connectivity index (χ2v) is 6.82. The number of halogens is 1. The van der Waals surface area contributed by atoms with Gasteiger partial charge >= 0.3 is 0 Å². The van der Waals surface area contributed by atoms with Crippen molar-refractivity contribution in [2.75, 3.05) is 6.54 Å². The van der Waals surface area contributed by atoms with Crippen molar-refractivity contribution >= 4 is 5.91 Å². The summed E-state index contributed by atoms with van der Waals surface area (Å²) in [6.07, 6.45) is 4.17. The molecule has 1 aromatic rings. The number of amides is 1. The molecule has 1 amide bonds. The second-order valence-electron chi connectivity index (χ2n) is 6.82. The topological polar surface area (TPSA) is 46.3 Å². The maximum Gasteiger partial charge on any atom is 0.224 e. The summed E-state index contributed by atoms with van der Waals surface area (Å²) in [6, 6.07) is 6.64. The lowest BCUT2D eigenvalue weighted by molar-refractivity contribution is -0.134. The molecule has 2 atom stereocenters. The minimum Gasteiger partial charge on any atom is -0.335 e. The molecule has 1 aromatic carbocycles. The monoisotopic (exact) mass is 290 g/mol. The highest BCUT2D eigenvalue weighted by molar-refractivity contribution is 5.78. The van der Waals surface area contributed by atoms with E-state index in [1.54, 1.807) is 12.1 Å². The lowest BCUT2D eigenvalue weighted by Crippen LogP contribution is -2.50. The highest BCUT2D eigenvalue weighted by Crippen LogP contribution is 2.39. The first-order valence-electron chi connectivity index (χ1n) is 7.81. The maximum atomic E-state index is 14.1. The van der Waals surface area contributed by atoms with Crippen LogP contribution in [-0.2, 0) is 4.79 Å². The third kappa shape index (κ3) is 2.82. The van der Waals surface area contributed by atoms with Gasteiger partial charge in [-0.2, -0.15) is 0 Å². The van der Waals surface area contributed by atoms with Crippen LogP contribution in [0.2, 0.25) is 0 Å². The highest BCUT2D eigenvalue weighted by atomic mass is 19.1. The van der Waals surface area contributed by atoms with Gasteiger partial charge in [-0.25, -0.2) is 4.39 Å². The van der Waals surface area contributed by atoms with Crippen LogP contribution in [0.1, 0.15) is 50.6 Å². The van der Waals surface area contributed by atoms with Gasteiger partial charge in [0.05, 0.1) is 6.04 Å². The van der Waals surface area contributed by atoms with Crippen molar-refractivity contribution < 1.29 is 9.18 Å². The molecular formula is C17H23FN2O. The highest BCUT2D eigenvalue weighted by Gasteiger charge is 2.40. The van der Waals surface area contributed by atoms with Gasteiger partial charge in [0.2, 0.25) is 5.91 Å². The number of likely N-dealkylation sites (tertiary alicyclic amines) is 1. The SMILES string of the molecule is C[C@H]1C[C@@H](c2ccccc2F)N(C(=O)CC2(N)CCC2)C1. The van der Waals surface area contributed by atoms with Gasteiger partial charge in [-0.1, -0.05) is 25.1 Å². The van der Waals surface area contributed by atoms with Crippen molar-refractivity contribution in [3.8, 4) is 0 Å². The van der Waals surface area contributed by atoms with E-state index < -0.39 is 0 Å². The standard InChI is InChI=1S/C17H23FN2O/c1-12-9-15(13-5-2-3-6-14(13)18)20(11-12)16(21)10-17(19)7-4-8-17/h2-3,5-6,12,15H,4,7-11,19H2,1H3/t12-,15-/m0/s1. The van der Waals surface area contributed by atoms with Crippen LogP contribution in [0.25, 0.3) is 0 Å². The third-order valence-corrected chi connectivity index (χ3v) is 4.95. The van der Waals surface area contributed by atoms with Crippen LogP contribution in [0.4, 0.5) is 4.39 Å². The molecule has 3 rings (SSSR count). The van der Waals surface area contributed by atoms with Crippen LogP contribution in [0.3, 0.4) is 0 Å². The Labute approximate surface area is 125 Å². The van der Waals surface area contributed by atoms with Crippen molar-refractivity contribution in [3.63, 3.8) is 0 Å². The fourth-order valence-electron chi connectivity index (χ4n) is 3.57. The Kier molecular flexibility index (Phi) is 3.74. The molecule has 1 heterocycles. The van der Waals surface area contributed by atoms with E-state index in [1.165, 1.54) is 6.07 Å². The van der Waals surface area contributed by atoms with Crippen LogP contribution in [-0.4, -0.2) is 22.9 Å². The number of nitrogens with zero attached hydrogens (tertiary/aromatic N) is 1. The number of rotatable bonds is 3. The molecule has 0 aromatic heterocycles. The van der Waals surface area contributed by atoms with Gasteiger partial charge in [0.15, 0.2) is 0 Å². The minimum absolute atomic E-state index is 0.0785. The predicted octanol–water partition coefficient (Wildman–Crippen LogP) is 3.01. The fourth-order valence-corrected chi connectivity index (χ4v) is 3.57. The zero-order chi connectivity index (χ0) is 15.0. The van der Waals surface area contributed by atoms with E-state index in [1.807, 2.05) is 11.0 Å². The molecule has 2 aliphatic rings. The van der Waals surface area contributed by atoms with Gasteiger partial charge < -0.3 is 10.6 Å². The first-order valence-corrected chi connectivity index (χ1v) is 7.81. The molecule has 0 unspecified atom stereocenters. The van der Waals surface area contributed by atoms with E-state index >= 15 is 0 Å². The lowest BCUT2D eigenvalue weighted by Gasteiger charge is -2.39. The summed E-state index contributed by atoms with van der Waals surface area (Å²) >= 11 is 0. The van der Waals surface area contributed by atoms with E-state index in [9.17, 15) is 9.18 Å². The summed E-state index contributed by atoms with van der Waals surface area (Å²) < 4.78 is 14.1. The van der Waals surface area contributed by atoms with Crippen molar-refractivity contribution in [3.05, 3.63) is 35.6 Å². The minimum atomic E-state index is -0.317. The Hall–Kier alpha value is -1.42. The molecule has 2 fully saturated rings. The first-order chi connectivity index (χ1) is 9.98. The maximum absolute atomic E-state index is 14.1. The van der Waals surface area contributed by atoms with Gasteiger partial charge in [-0.05, 0) is 37.7 Å². The van der Waals surface area contributed by atoms with E-state index in [4.69, 9.17) is 5.73 Å². The number of carbonyl (C=O) groups is 1. The fraction of sp³-hybridized carbons (Fsp3) is 0.588. The van der Waals surface area contributed by atoms with Gasteiger partial charge in [0.1, 0.15) is 5.82 Å². The zero-order valence-corrected chi connectivity index (χ0v) is 12.5. The normalized spacial score (nSPS) is 27.5. The van der Waals surface area contributed by atoms with Crippen molar-refractivity contribution in [1.29, 1.82) is 0 Å². The molecule has 3 nitrogen and oxygen atoms in total. The Morgan fingerprint density at radius 1 is 1.43 bits per heavy atom. The average molecular weight is 290 g/mol. The summed E-state index contributed by atoms with van der Waals surface area (Å²) in [7, 11) is 0. The van der Waals surface area contributed by atoms with Crippen LogP contribution < -0.4 is 5.73 Å². The van der Waals surface area contributed by atoms with Gasteiger partial charge in [-0.3, -0.25) is 4.79 Å². The quantitative estimate of drug-likeness (QED) is 0.930.